The third kappa shape index (κ3) is 4.12. The molecule has 0 atom stereocenters. The molecule has 0 aliphatic carbocycles. The Hall–Kier alpha value is -2.09. The van der Waals surface area contributed by atoms with Crippen molar-refractivity contribution in [1.82, 2.24) is 19.7 Å². The van der Waals surface area contributed by atoms with Gasteiger partial charge in [0.05, 0.1) is 16.2 Å². The molecule has 0 saturated carbocycles. The average molecular weight is 382 g/mol. The van der Waals surface area contributed by atoms with Crippen molar-refractivity contribution in [2.45, 2.75) is 25.9 Å². The van der Waals surface area contributed by atoms with Gasteiger partial charge in [-0.2, -0.15) is 10.1 Å². The summed E-state index contributed by atoms with van der Waals surface area (Å²) in [5.74, 6) is 0.354. The van der Waals surface area contributed by atoms with Gasteiger partial charge in [0.1, 0.15) is 5.39 Å². The molecule has 0 bridgehead atoms. The van der Waals surface area contributed by atoms with E-state index in [0.29, 0.717) is 46.5 Å². The summed E-state index contributed by atoms with van der Waals surface area (Å²) in [4.78, 5) is 19.3. The van der Waals surface area contributed by atoms with Crippen molar-refractivity contribution in [3.05, 3.63) is 50.4 Å². The van der Waals surface area contributed by atoms with Crippen LogP contribution in [-0.4, -0.2) is 31.5 Å². The number of anilines is 1. The first kappa shape index (κ1) is 17.7. The summed E-state index contributed by atoms with van der Waals surface area (Å²) in [6.45, 7) is 1.15. The van der Waals surface area contributed by atoms with Crippen molar-refractivity contribution in [2.75, 3.05) is 11.9 Å². The van der Waals surface area contributed by atoms with E-state index in [1.54, 1.807) is 16.8 Å². The van der Waals surface area contributed by atoms with E-state index in [0.717, 1.165) is 12.0 Å². The zero-order chi connectivity index (χ0) is 17.8. The number of aromatic amines is 1. The number of aliphatic hydroxyl groups is 1. The van der Waals surface area contributed by atoms with Crippen molar-refractivity contribution >= 4 is 40.2 Å². The Morgan fingerprint density at radius 2 is 2.08 bits per heavy atom. The molecule has 0 saturated heterocycles. The molecule has 132 valence electrons. The molecule has 0 spiro atoms. The normalized spacial score (nSPS) is 11.2. The molecule has 2 heterocycles. The van der Waals surface area contributed by atoms with Gasteiger partial charge in [0, 0.05) is 19.7 Å². The summed E-state index contributed by atoms with van der Waals surface area (Å²) >= 11 is 11.9. The summed E-state index contributed by atoms with van der Waals surface area (Å²) in [6.07, 6.45) is 2.93. The lowest BCUT2D eigenvalue weighted by atomic mass is 10.2. The Balaban J connectivity index is 1.80. The van der Waals surface area contributed by atoms with Gasteiger partial charge >= 0.3 is 0 Å². The number of hydrogen-bond acceptors (Lipinski definition) is 5. The quantitative estimate of drug-likeness (QED) is 0.546. The van der Waals surface area contributed by atoms with Crippen LogP contribution < -0.4 is 10.9 Å². The molecule has 0 fully saturated rings. The summed E-state index contributed by atoms with van der Waals surface area (Å²) in [7, 11) is 0. The van der Waals surface area contributed by atoms with Crippen molar-refractivity contribution in [1.29, 1.82) is 0 Å². The van der Waals surface area contributed by atoms with Crippen molar-refractivity contribution < 1.29 is 5.11 Å². The number of nitrogens with one attached hydrogen (secondary N) is 2. The van der Waals surface area contributed by atoms with Crippen LogP contribution in [0, 0.1) is 0 Å². The predicted molar refractivity (Wildman–Crippen MR) is 98.3 cm³/mol. The maximum absolute atomic E-state index is 12.2. The highest BCUT2D eigenvalue weighted by Crippen LogP contribution is 2.22. The Morgan fingerprint density at radius 1 is 1.24 bits per heavy atom. The SMILES string of the molecule is O=c1[nH]c(NCc2ccc(Cl)c(Cl)c2)nc2c1cnn2CCCCO. The molecule has 0 radical (unpaired) electrons. The Morgan fingerprint density at radius 3 is 2.84 bits per heavy atom. The smallest absolute Gasteiger partial charge is 0.263 e. The number of nitrogens with zero attached hydrogens (tertiary/aromatic N) is 3. The van der Waals surface area contributed by atoms with Crippen LogP contribution in [0.1, 0.15) is 18.4 Å². The second-order valence-corrected chi connectivity index (χ2v) is 6.37. The molecule has 2 aromatic heterocycles. The van der Waals surface area contributed by atoms with Gasteiger partial charge in [-0.05, 0) is 30.5 Å². The summed E-state index contributed by atoms with van der Waals surface area (Å²) in [5, 5.41) is 17.6. The van der Waals surface area contributed by atoms with E-state index in [9.17, 15) is 4.79 Å². The number of fused-ring (bicyclic) bond motifs is 1. The van der Waals surface area contributed by atoms with Crippen LogP contribution in [0.2, 0.25) is 10.0 Å². The van der Waals surface area contributed by atoms with Crippen LogP contribution in [0.4, 0.5) is 5.95 Å². The maximum Gasteiger partial charge on any atom is 0.263 e. The van der Waals surface area contributed by atoms with Crippen LogP contribution >= 0.6 is 23.2 Å². The fourth-order valence-electron chi connectivity index (χ4n) is 2.42. The second kappa shape index (κ2) is 7.86. The predicted octanol–water partition coefficient (Wildman–Crippen LogP) is 2.81. The Labute approximate surface area is 153 Å². The topological polar surface area (TPSA) is 95.8 Å². The summed E-state index contributed by atoms with van der Waals surface area (Å²) < 4.78 is 1.67. The first-order valence-corrected chi connectivity index (χ1v) is 8.58. The van der Waals surface area contributed by atoms with Crippen LogP contribution in [0.25, 0.3) is 11.0 Å². The summed E-state index contributed by atoms with van der Waals surface area (Å²) in [6, 6.07) is 5.32. The molecule has 1 aromatic carbocycles. The molecule has 9 heteroatoms. The first-order valence-electron chi connectivity index (χ1n) is 7.83. The molecule has 3 rings (SSSR count). The lowest BCUT2D eigenvalue weighted by Gasteiger charge is -2.07. The third-order valence-electron chi connectivity index (χ3n) is 3.73. The van der Waals surface area contributed by atoms with Gasteiger partial charge in [0.15, 0.2) is 5.65 Å². The fraction of sp³-hybridized carbons (Fsp3) is 0.312. The largest absolute Gasteiger partial charge is 0.396 e. The fourth-order valence-corrected chi connectivity index (χ4v) is 2.74. The van der Waals surface area contributed by atoms with Crippen molar-refractivity contribution in [3.8, 4) is 0 Å². The van der Waals surface area contributed by atoms with E-state index in [2.05, 4.69) is 20.4 Å². The van der Waals surface area contributed by atoms with Crippen molar-refractivity contribution in [3.63, 3.8) is 0 Å². The third-order valence-corrected chi connectivity index (χ3v) is 4.47. The van der Waals surface area contributed by atoms with Crippen LogP contribution in [0.15, 0.2) is 29.2 Å². The summed E-state index contributed by atoms with van der Waals surface area (Å²) in [5.41, 5.74) is 1.17. The monoisotopic (exact) mass is 381 g/mol. The van der Waals surface area contributed by atoms with E-state index in [1.807, 2.05) is 6.07 Å². The van der Waals surface area contributed by atoms with E-state index in [-0.39, 0.29) is 12.2 Å². The standard InChI is InChI=1S/C16H17Cl2N5O2/c17-12-4-3-10(7-13(12)18)8-19-16-21-14-11(15(25)22-16)9-20-23(14)5-1-2-6-24/h3-4,7,9,24H,1-2,5-6,8H2,(H2,19,21,22,25). The number of unbranched alkanes of at least 4 members (excludes halogenated alkanes) is 1. The first-order chi connectivity index (χ1) is 12.1. The minimum absolute atomic E-state index is 0.129. The second-order valence-electron chi connectivity index (χ2n) is 5.55. The van der Waals surface area contributed by atoms with E-state index in [4.69, 9.17) is 28.3 Å². The number of benzene rings is 1. The van der Waals surface area contributed by atoms with Gasteiger partial charge in [-0.3, -0.25) is 9.78 Å². The highest BCUT2D eigenvalue weighted by atomic mass is 35.5. The molecule has 3 N–H and O–H groups in total. The molecule has 0 amide bonds. The minimum atomic E-state index is -0.255. The number of halogens is 2. The molecule has 0 unspecified atom stereocenters. The lowest BCUT2D eigenvalue weighted by molar-refractivity contribution is 0.280. The number of aryl methyl sites for hydroxylation is 1. The molecular weight excluding hydrogens is 365 g/mol. The number of hydrogen-bond donors (Lipinski definition) is 3. The van der Waals surface area contributed by atoms with Gasteiger partial charge in [-0.1, -0.05) is 29.3 Å². The molecule has 0 aliphatic rings. The maximum atomic E-state index is 12.2. The zero-order valence-electron chi connectivity index (χ0n) is 13.3. The van der Waals surface area contributed by atoms with E-state index < -0.39 is 0 Å². The number of aliphatic hydroxyl groups excluding tert-OH is 1. The van der Waals surface area contributed by atoms with Crippen LogP contribution in [-0.2, 0) is 13.1 Å². The average Bonchev–Trinajstić information content (AvgIpc) is 3.00. The highest BCUT2D eigenvalue weighted by molar-refractivity contribution is 6.42. The van der Waals surface area contributed by atoms with Crippen LogP contribution in [0.3, 0.4) is 0 Å². The van der Waals surface area contributed by atoms with Gasteiger partial charge in [-0.15, -0.1) is 0 Å². The number of H-pyrrole nitrogens is 1. The Kier molecular flexibility index (Phi) is 5.57. The molecule has 0 aliphatic heterocycles. The zero-order valence-corrected chi connectivity index (χ0v) is 14.8. The van der Waals surface area contributed by atoms with Gasteiger partial charge in [-0.25, -0.2) is 4.68 Å². The Bertz CT molecular complexity index is 938. The van der Waals surface area contributed by atoms with Crippen molar-refractivity contribution in [2.24, 2.45) is 0 Å². The molecular formula is C16H17Cl2N5O2. The lowest BCUT2D eigenvalue weighted by Crippen LogP contribution is -2.14. The van der Waals surface area contributed by atoms with E-state index >= 15 is 0 Å². The highest BCUT2D eigenvalue weighted by Gasteiger charge is 2.10. The minimum Gasteiger partial charge on any atom is -0.396 e. The van der Waals surface area contributed by atoms with Gasteiger partial charge in [0.2, 0.25) is 5.95 Å². The number of rotatable bonds is 7. The molecule has 25 heavy (non-hydrogen) atoms. The van der Waals surface area contributed by atoms with Gasteiger partial charge in [0.25, 0.3) is 5.56 Å². The number of aromatic nitrogens is 4. The van der Waals surface area contributed by atoms with Crippen LogP contribution in [0.5, 0.6) is 0 Å². The molecule has 7 nitrogen and oxygen atoms in total. The molecule has 3 aromatic rings. The van der Waals surface area contributed by atoms with Gasteiger partial charge < -0.3 is 10.4 Å². The van der Waals surface area contributed by atoms with E-state index in [1.165, 1.54) is 6.20 Å².